The van der Waals surface area contributed by atoms with Gasteiger partial charge in [0.1, 0.15) is 5.82 Å². The van der Waals surface area contributed by atoms with Crippen molar-refractivity contribution in [2.45, 2.75) is 16.6 Å². The molecule has 0 radical (unpaired) electrons. The average Bonchev–Trinajstić information content (AvgIpc) is 2.49. The summed E-state index contributed by atoms with van der Waals surface area (Å²) in [6.07, 6.45) is 0.855. The van der Waals surface area contributed by atoms with Crippen molar-refractivity contribution in [3.63, 3.8) is 0 Å². The first kappa shape index (κ1) is 9.03. The molecule has 0 saturated carbocycles. The van der Waals surface area contributed by atoms with Crippen LogP contribution in [0.5, 0.6) is 0 Å². The summed E-state index contributed by atoms with van der Waals surface area (Å²) < 4.78 is 13.3. The maximum atomic E-state index is 13.3. The van der Waals surface area contributed by atoms with Crippen molar-refractivity contribution in [2.24, 2.45) is 0 Å². The Morgan fingerprint density at radius 3 is 3.15 bits per heavy atom. The lowest BCUT2D eigenvalue weighted by Crippen LogP contribution is -2.20. The minimum atomic E-state index is -0.0522. The van der Waals surface area contributed by atoms with Crippen molar-refractivity contribution < 1.29 is 4.39 Å². The number of fused-ring (bicyclic) bond motifs is 1. The Bertz CT molecular complexity index is 314. The standard InChI is InChI=1S/C10H12FNS/c1-12-6-7-5-8-9(11)3-2-4-10(8)13-7/h2-4,7,12H,5-6H2,1H3. The highest BCUT2D eigenvalue weighted by Gasteiger charge is 2.23. The number of benzene rings is 1. The van der Waals surface area contributed by atoms with Crippen molar-refractivity contribution in [2.75, 3.05) is 13.6 Å². The highest BCUT2D eigenvalue weighted by atomic mass is 32.2. The van der Waals surface area contributed by atoms with Gasteiger partial charge in [0.2, 0.25) is 0 Å². The van der Waals surface area contributed by atoms with Gasteiger partial charge in [-0.05, 0) is 25.6 Å². The molecule has 2 rings (SSSR count). The summed E-state index contributed by atoms with van der Waals surface area (Å²) in [6.45, 7) is 0.943. The molecule has 13 heavy (non-hydrogen) atoms. The second-order valence-corrected chi connectivity index (χ2v) is 4.56. The fourth-order valence-electron chi connectivity index (χ4n) is 1.64. The third-order valence-corrected chi connectivity index (χ3v) is 3.54. The van der Waals surface area contributed by atoms with Gasteiger partial charge in [0, 0.05) is 22.3 Å². The predicted molar refractivity (Wildman–Crippen MR) is 53.7 cm³/mol. The van der Waals surface area contributed by atoms with Gasteiger partial charge < -0.3 is 5.32 Å². The van der Waals surface area contributed by atoms with E-state index >= 15 is 0 Å². The first-order chi connectivity index (χ1) is 6.31. The molecule has 1 heterocycles. The van der Waals surface area contributed by atoms with Crippen LogP contribution in [0.1, 0.15) is 5.56 Å². The van der Waals surface area contributed by atoms with Crippen LogP contribution in [0, 0.1) is 5.82 Å². The van der Waals surface area contributed by atoms with E-state index in [1.807, 2.05) is 13.1 Å². The highest BCUT2D eigenvalue weighted by Crippen LogP contribution is 2.37. The van der Waals surface area contributed by atoms with Gasteiger partial charge in [-0.2, -0.15) is 0 Å². The summed E-state index contributed by atoms with van der Waals surface area (Å²) in [5.41, 5.74) is 0.896. The van der Waals surface area contributed by atoms with Crippen LogP contribution in [-0.4, -0.2) is 18.8 Å². The van der Waals surface area contributed by atoms with Gasteiger partial charge in [0.25, 0.3) is 0 Å². The normalized spacial score (nSPS) is 20.3. The zero-order valence-electron chi connectivity index (χ0n) is 7.51. The van der Waals surface area contributed by atoms with E-state index in [1.54, 1.807) is 23.9 Å². The zero-order valence-corrected chi connectivity index (χ0v) is 8.33. The van der Waals surface area contributed by atoms with E-state index in [-0.39, 0.29) is 5.82 Å². The first-order valence-electron chi connectivity index (χ1n) is 4.40. The van der Waals surface area contributed by atoms with E-state index in [9.17, 15) is 4.39 Å². The van der Waals surface area contributed by atoms with E-state index in [1.165, 1.54) is 0 Å². The van der Waals surface area contributed by atoms with E-state index < -0.39 is 0 Å². The molecule has 0 aromatic heterocycles. The fraction of sp³-hybridized carbons (Fsp3) is 0.400. The van der Waals surface area contributed by atoms with Gasteiger partial charge >= 0.3 is 0 Å². The maximum Gasteiger partial charge on any atom is 0.127 e. The summed E-state index contributed by atoms with van der Waals surface area (Å²) in [7, 11) is 1.93. The summed E-state index contributed by atoms with van der Waals surface area (Å²) >= 11 is 1.77. The Labute approximate surface area is 81.7 Å². The molecule has 0 amide bonds. The molecule has 70 valence electrons. The first-order valence-corrected chi connectivity index (χ1v) is 5.28. The largest absolute Gasteiger partial charge is 0.319 e. The lowest BCUT2D eigenvalue weighted by atomic mass is 10.1. The maximum absolute atomic E-state index is 13.3. The molecule has 1 aromatic carbocycles. The van der Waals surface area contributed by atoms with Crippen molar-refractivity contribution in [3.8, 4) is 0 Å². The van der Waals surface area contributed by atoms with Crippen LogP contribution in [0.25, 0.3) is 0 Å². The topological polar surface area (TPSA) is 12.0 Å². The fourth-order valence-corrected chi connectivity index (χ4v) is 2.98. The molecule has 1 nitrogen and oxygen atoms in total. The lowest BCUT2D eigenvalue weighted by Gasteiger charge is -2.05. The molecular weight excluding hydrogens is 185 g/mol. The molecule has 1 N–H and O–H groups in total. The van der Waals surface area contributed by atoms with Crippen LogP contribution in [0.15, 0.2) is 23.1 Å². The molecule has 0 saturated heterocycles. The Morgan fingerprint density at radius 1 is 1.62 bits per heavy atom. The number of hydrogen-bond donors (Lipinski definition) is 1. The number of nitrogens with one attached hydrogen (secondary N) is 1. The number of rotatable bonds is 2. The Balaban J connectivity index is 2.20. The Morgan fingerprint density at radius 2 is 2.46 bits per heavy atom. The molecule has 1 aliphatic heterocycles. The highest BCUT2D eigenvalue weighted by molar-refractivity contribution is 8.00. The molecule has 1 aromatic rings. The van der Waals surface area contributed by atoms with Crippen molar-refractivity contribution in [1.82, 2.24) is 5.32 Å². The SMILES string of the molecule is CNCC1Cc2c(F)cccc2S1. The molecule has 0 spiro atoms. The average molecular weight is 197 g/mol. The number of thioether (sulfide) groups is 1. The number of halogens is 1. The van der Waals surface area contributed by atoms with Gasteiger partial charge in [-0.25, -0.2) is 4.39 Å². The Kier molecular flexibility index (Phi) is 2.56. The zero-order chi connectivity index (χ0) is 9.26. The van der Waals surface area contributed by atoms with E-state index in [2.05, 4.69) is 5.32 Å². The summed E-state index contributed by atoms with van der Waals surface area (Å²) in [5.74, 6) is -0.0522. The smallest absolute Gasteiger partial charge is 0.127 e. The predicted octanol–water partition coefficient (Wildman–Crippen LogP) is 2.06. The molecule has 0 aliphatic carbocycles. The molecular formula is C10H12FNS. The van der Waals surface area contributed by atoms with Crippen LogP contribution < -0.4 is 5.32 Å². The molecule has 3 heteroatoms. The summed E-state index contributed by atoms with van der Waals surface area (Å²) in [4.78, 5) is 1.11. The van der Waals surface area contributed by atoms with E-state index in [0.717, 1.165) is 23.4 Å². The van der Waals surface area contributed by atoms with Crippen LogP contribution in [0.4, 0.5) is 4.39 Å². The third kappa shape index (κ3) is 1.71. The minimum Gasteiger partial charge on any atom is -0.319 e. The van der Waals surface area contributed by atoms with Crippen LogP contribution in [0.2, 0.25) is 0 Å². The van der Waals surface area contributed by atoms with E-state index in [0.29, 0.717) is 5.25 Å². The monoisotopic (exact) mass is 197 g/mol. The second-order valence-electron chi connectivity index (χ2n) is 3.22. The minimum absolute atomic E-state index is 0.0522. The molecule has 1 atom stereocenters. The quantitative estimate of drug-likeness (QED) is 0.779. The molecule has 1 unspecified atom stereocenters. The van der Waals surface area contributed by atoms with E-state index in [4.69, 9.17) is 0 Å². The van der Waals surface area contributed by atoms with Gasteiger partial charge in [0.05, 0.1) is 0 Å². The van der Waals surface area contributed by atoms with Crippen molar-refractivity contribution in [3.05, 3.63) is 29.6 Å². The van der Waals surface area contributed by atoms with Crippen molar-refractivity contribution >= 4 is 11.8 Å². The summed E-state index contributed by atoms with van der Waals surface area (Å²) in [6, 6.07) is 5.32. The van der Waals surface area contributed by atoms with Crippen LogP contribution in [0.3, 0.4) is 0 Å². The van der Waals surface area contributed by atoms with Gasteiger partial charge in [-0.15, -0.1) is 11.8 Å². The third-order valence-electron chi connectivity index (χ3n) is 2.23. The van der Waals surface area contributed by atoms with Gasteiger partial charge in [-0.3, -0.25) is 0 Å². The molecule has 0 bridgehead atoms. The molecule has 0 fully saturated rings. The summed E-state index contributed by atoms with van der Waals surface area (Å²) in [5, 5.41) is 3.62. The number of hydrogen-bond acceptors (Lipinski definition) is 2. The van der Waals surface area contributed by atoms with Gasteiger partial charge in [-0.1, -0.05) is 6.07 Å². The van der Waals surface area contributed by atoms with Gasteiger partial charge in [0.15, 0.2) is 0 Å². The lowest BCUT2D eigenvalue weighted by molar-refractivity contribution is 0.601. The van der Waals surface area contributed by atoms with Crippen molar-refractivity contribution in [1.29, 1.82) is 0 Å². The van der Waals surface area contributed by atoms with Crippen LogP contribution >= 0.6 is 11.8 Å². The Hall–Kier alpha value is -0.540. The van der Waals surface area contributed by atoms with Crippen LogP contribution in [-0.2, 0) is 6.42 Å². The second kappa shape index (κ2) is 3.68. The molecule has 1 aliphatic rings.